The average molecular weight is 1160 g/mol. The molecule has 0 aromatic heterocycles. The maximum absolute atomic E-state index is 12.9. The van der Waals surface area contributed by atoms with Crippen molar-refractivity contribution in [3.8, 4) is 0 Å². The van der Waals surface area contributed by atoms with Gasteiger partial charge in [0, 0.05) is 12.8 Å². The average Bonchev–Trinajstić information content (AvgIpc) is 3.46. The molecule has 0 spiro atoms. The highest BCUT2D eigenvalue weighted by molar-refractivity contribution is 5.70. The van der Waals surface area contributed by atoms with Crippen LogP contribution in [0.3, 0.4) is 0 Å². The molecule has 9 nitrogen and oxygen atoms in total. The van der Waals surface area contributed by atoms with Crippen LogP contribution in [0.1, 0.15) is 284 Å². The summed E-state index contributed by atoms with van der Waals surface area (Å²) < 4.78 is 22.8. The molecule has 0 amide bonds. The summed E-state index contributed by atoms with van der Waals surface area (Å²) in [4.78, 5) is 37.4. The Morgan fingerprint density at radius 2 is 0.651 bits per heavy atom. The summed E-state index contributed by atoms with van der Waals surface area (Å²) in [7, 11) is 5.92. The van der Waals surface area contributed by atoms with Gasteiger partial charge in [0.05, 0.1) is 40.3 Å². The van der Waals surface area contributed by atoms with Gasteiger partial charge in [-0.2, -0.15) is 0 Å². The van der Waals surface area contributed by atoms with Gasteiger partial charge in [-0.05, 0) is 96.3 Å². The summed E-state index contributed by atoms with van der Waals surface area (Å²) in [5.74, 6) is -2.29. The van der Waals surface area contributed by atoms with E-state index in [-0.39, 0.29) is 38.6 Å². The van der Waals surface area contributed by atoms with Crippen LogP contribution in [-0.2, 0) is 33.3 Å². The number of carboxylic acid groups (broad SMARTS) is 1. The highest BCUT2D eigenvalue weighted by Crippen LogP contribution is 2.17. The van der Waals surface area contributed by atoms with Gasteiger partial charge in [-0.25, -0.2) is 0 Å². The van der Waals surface area contributed by atoms with E-state index in [9.17, 15) is 19.5 Å². The van der Waals surface area contributed by atoms with E-state index in [2.05, 4.69) is 123 Å². The predicted molar refractivity (Wildman–Crippen MR) is 352 cm³/mol. The number of esters is 2. The first kappa shape index (κ1) is 79.0. The number of likely N-dealkylation sites (N-methyl/N-ethyl adjacent to an activating group) is 1. The first-order chi connectivity index (χ1) is 40.6. The Morgan fingerprint density at radius 3 is 0.964 bits per heavy atom. The van der Waals surface area contributed by atoms with Crippen molar-refractivity contribution in [3.63, 3.8) is 0 Å². The third-order valence-electron chi connectivity index (χ3n) is 14.5. The number of hydrogen-bond acceptors (Lipinski definition) is 8. The molecular formula is C74H127NO8. The lowest BCUT2D eigenvalue weighted by Gasteiger charge is -2.26. The normalized spacial score (nSPS) is 13.4. The summed E-state index contributed by atoms with van der Waals surface area (Å²) in [6.45, 7) is 4.53. The molecule has 2 unspecified atom stereocenters. The molecule has 0 aromatic carbocycles. The summed E-state index contributed by atoms with van der Waals surface area (Å²) in [5, 5.41) is 11.8. The van der Waals surface area contributed by atoms with Crippen LogP contribution in [0.25, 0.3) is 0 Å². The number of carbonyl (C=O) groups excluding carboxylic acids is 3. The lowest BCUT2D eigenvalue weighted by Crippen LogP contribution is -2.44. The van der Waals surface area contributed by atoms with Crippen molar-refractivity contribution in [1.29, 1.82) is 0 Å². The fourth-order valence-corrected chi connectivity index (χ4v) is 9.38. The van der Waals surface area contributed by atoms with Crippen molar-refractivity contribution in [2.45, 2.75) is 296 Å². The second-order valence-corrected chi connectivity index (χ2v) is 23.7. The second-order valence-electron chi connectivity index (χ2n) is 23.7. The van der Waals surface area contributed by atoms with E-state index in [4.69, 9.17) is 18.9 Å². The molecule has 0 aliphatic carbocycles. The first-order valence-electron chi connectivity index (χ1n) is 34.0. The van der Waals surface area contributed by atoms with Gasteiger partial charge >= 0.3 is 11.9 Å². The number of aliphatic carboxylic acids is 1. The molecule has 0 fully saturated rings. The summed E-state index contributed by atoms with van der Waals surface area (Å²) in [5.41, 5.74) is 0. The van der Waals surface area contributed by atoms with Gasteiger partial charge in [0.15, 0.2) is 12.4 Å². The van der Waals surface area contributed by atoms with E-state index < -0.39 is 24.3 Å². The molecule has 0 rings (SSSR count). The van der Waals surface area contributed by atoms with E-state index in [0.717, 1.165) is 103 Å². The lowest BCUT2D eigenvalue weighted by molar-refractivity contribution is -0.870. The molecular weight excluding hydrogens is 1030 g/mol. The fourth-order valence-electron chi connectivity index (χ4n) is 9.38. The molecule has 0 heterocycles. The molecule has 0 radical (unpaired) electrons. The largest absolute Gasteiger partial charge is 0.545 e. The first-order valence-corrected chi connectivity index (χ1v) is 34.0. The minimum Gasteiger partial charge on any atom is -0.545 e. The van der Waals surface area contributed by atoms with Crippen molar-refractivity contribution in [1.82, 2.24) is 0 Å². The lowest BCUT2D eigenvalue weighted by atomic mass is 10.0. The van der Waals surface area contributed by atoms with Gasteiger partial charge in [0.25, 0.3) is 0 Å². The minimum atomic E-state index is -1.63. The van der Waals surface area contributed by atoms with Crippen molar-refractivity contribution < 1.29 is 42.9 Å². The van der Waals surface area contributed by atoms with Crippen LogP contribution in [0, 0.1) is 0 Å². The summed E-state index contributed by atoms with van der Waals surface area (Å²) in [6, 6.07) is 0. The van der Waals surface area contributed by atoms with Crippen LogP contribution < -0.4 is 5.11 Å². The molecule has 83 heavy (non-hydrogen) atoms. The zero-order valence-electron chi connectivity index (χ0n) is 54.3. The molecule has 0 aliphatic rings. The Bertz CT molecular complexity index is 1730. The van der Waals surface area contributed by atoms with E-state index in [1.54, 1.807) is 0 Å². The van der Waals surface area contributed by atoms with E-state index >= 15 is 0 Å². The third kappa shape index (κ3) is 65.3. The topological polar surface area (TPSA) is 111 Å². The van der Waals surface area contributed by atoms with E-state index in [1.807, 2.05) is 21.1 Å². The van der Waals surface area contributed by atoms with Crippen LogP contribution in [0.2, 0.25) is 0 Å². The van der Waals surface area contributed by atoms with E-state index in [1.165, 1.54) is 148 Å². The third-order valence-corrected chi connectivity index (χ3v) is 14.5. The Morgan fingerprint density at radius 1 is 0.361 bits per heavy atom. The number of carboxylic acids is 1. The van der Waals surface area contributed by atoms with Gasteiger partial charge in [0.2, 0.25) is 0 Å². The van der Waals surface area contributed by atoms with Crippen LogP contribution in [-0.4, -0.2) is 82.3 Å². The number of nitrogens with zero attached hydrogens (tertiary/aromatic N) is 1. The van der Waals surface area contributed by atoms with Crippen molar-refractivity contribution >= 4 is 17.9 Å². The highest BCUT2D eigenvalue weighted by Gasteiger charge is 2.22. The van der Waals surface area contributed by atoms with Crippen LogP contribution in [0.15, 0.2) is 109 Å². The second kappa shape index (κ2) is 64.0. The number of allylic oxidation sites excluding steroid dienone is 18. The number of rotatable bonds is 62. The zero-order chi connectivity index (χ0) is 60.5. The predicted octanol–water partition coefficient (Wildman–Crippen LogP) is 19.7. The van der Waals surface area contributed by atoms with Gasteiger partial charge < -0.3 is 33.3 Å². The molecule has 2 atom stereocenters. The molecule has 0 saturated heterocycles. The number of carbonyl (C=O) groups is 3. The van der Waals surface area contributed by atoms with Gasteiger partial charge in [-0.3, -0.25) is 9.59 Å². The molecule has 0 aliphatic heterocycles. The highest BCUT2D eigenvalue weighted by atomic mass is 16.7. The minimum absolute atomic E-state index is 0.142. The number of ether oxygens (including phenoxy) is 4. The standard InChI is InChI=1S/C74H127NO8/c1-6-8-10-12-14-16-18-20-22-24-26-28-30-31-32-33-34-35-36-37-38-39-40-41-43-44-46-48-50-52-54-56-58-60-62-64-71(76)81-68-70(69-82-74(73(78)79)80-67-66-75(3,4)5)83-72(77)65-63-61-59-57-55-53-51-49-47-45-42-29-27-25-23-21-19-17-15-13-11-9-7-2/h8-11,14-17,20-23,26-29,45,47,70,74H,6-7,12-13,18-19,24-25,30-44,46,48-69H2,1-5H3/b10-8-,11-9-,16-14-,17-15-,22-20-,23-21-,28-26-,29-27-,47-45-. The summed E-state index contributed by atoms with van der Waals surface area (Å²) in [6.07, 6.45) is 86.0. The van der Waals surface area contributed by atoms with Crippen LogP contribution >= 0.6 is 0 Å². The van der Waals surface area contributed by atoms with Crippen LogP contribution in [0.5, 0.6) is 0 Å². The quantitative estimate of drug-likeness (QED) is 0.0195. The van der Waals surface area contributed by atoms with Gasteiger partial charge in [0.1, 0.15) is 13.2 Å². The molecule has 0 bridgehead atoms. The molecule has 0 saturated carbocycles. The SMILES string of the molecule is CC/C=C\C/C=C\C/C=C\C/C=C\C/C=C\CCCCCCCCCC(=O)OC(COC(=O)CCCCCCCCCCCCCCCCCCCCCCCC/C=C\C/C=C\C/C=C\C/C=C\CC)COC(OCC[N+](C)(C)C)C(=O)[O-]. The Labute approximate surface area is 511 Å². The Balaban J connectivity index is 4.09. The van der Waals surface area contributed by atoms with Crippen molar-refractivity contribution in [2.75, 3.05) is 47.5 Å². The number of quaternary nitrogens is 1. The fraction of sp³-hybridized carbons (Fsp3) is 0.716. The Kier molecular flexibility index (Phi) is 60.8. The van der Waals surface area contributed by atoms with Crippen molar-refractivity contribution in [2.24, 2.45) is 0 Å². The summed E-state index contributed by atoms with van der Waals surface area (Å²) >= 11 is 0. The van der Waals surface area contributed by atoms with Crippen LogP contribution in [0.4, 0.5) is 0 Å². The van der Waals surface area contributed by atoms with Gasteiger partial charge in [-0.15, -0.1) is 0 Å². The molecule has 0 N–H and O–H groups in total. The van der Waals surface area contributed by atoms with Gasteiger partial charge in [-0.1, -0.05) is 284 Å². The maximum atomic E-state index is 12.9. The molecule has 476 valence electrons. The monoisotopic (exact) mass is 1160 g/mol. The van der Waals surface area contributed by atoms with E-state index in [0.29, 0.717) is 17.4 Å². The number of hydrogen-bond donors (Lipinski definition) is 0. The zero-order valence-corrected chi connectivity index (χ0v) is 54.3. The van der Waals surface area contributed by atoms with Crippen molar-refractivity contribution in [3.05, 3.63) is 109 Å². The number of unbranched alkanes of at least 4 members (excludes halogenated alkanes) is 29. The smallest absolute Gasteiger partial charge is 0.306 e. The Hall–Kier alpha value is -4.05. The molecule has 9 heteroatoms. The maximum Gasteiger partial charge on any atom is 0.306 e. The molecule has 0 aromatic rings.